The lowest BCUT2D eigenvalue weighted by Gasteiger charge is -2.28. The maximum atomic E-state index is 11.0. The van der Waals surface area contributed by atoms with Crippen molar-refractivity contribution < 1.29 is 9.53 Å². The van der Waals surface area contributed by atoms with Crippen LogP contribution in [0.5, 0.6) is 0 Å². The summed E-state index contributed by atoms with van der Waals surface area (Å²) in [6, 6.07) is 0. The smallest absolute Gasteiger partial charge is 0.353 e. The van der Waals surface area contributed by atoms with Crippen LogP contribution in [0.1, 0.15) is 19.3 Å². The minimum Gasteiger partial charge on any atom is -0.464 e. The Morgan fingerprint density at radius 3 is 2.42 bits per heavy atom. The van der Waals surface area contributed by atoms with Crippen LogP contribution in [0, 0.1) is 0 Å². The quantitative estimate of drug-likeness (QED) is 0.459. The fraction of sp³-hybridized carbons (Fsp3) is 0.667. The molecule has 12 heavy (non-hydrogen) atoms. The van der Waals surface area contributed by atoms with Crippen LogP contribution in [0.2, 0.25) is 0 Å². The Hall–Kier alpha value is -0.990. The molecule has 0 saturated carbocycles. The van der Waals surface area contributed by atoms with Gasteiger partial charge in [0, 0.05) is 13.1 Å². The van der Waals surface area contributed by atoms with Crippen molar-refractivity contribution in [2.24, 2.45) is 0 Å². The zero-order valence-corrected chi connectivity index (χ0v) is 7.51. The van der Waals surface area contributed by atoms with Crippen molar-refractivity contribution in [1.82, 2.24) is 4.90 Å². The van der Waals surface area contributed by atoms with Crippen LogP contribution in [-0.4, -0.2) is 31.1 Å². The number of esters is 1. The molecule has 68 valence electrons. The van der Waals surface area contributed by atoms with Gasteiger partial charge in [-0.15, -0.1) is 0 Å². The van der Waals surface area contributed by atoms with Crippen molar-refractivity contribution in [1.29, 1.82) is 0 Å². The molecule has 0 unspecified atom stereocenters. The summed E-state index contributed by atoms with van der Waals surface area (Å²) in [4.78, 5) is 13.0. The third-order valence-corrected chi connectivity index (χ3v) is 2.16. The number of hydrogen-bond donors (Lipinski definition) is 0. The van der Waals surface area contributed by atoms with Gasteiger partial charge in [0.25, 0.3) is 0 Å². The fourth-order valence-electron chi connectivity index (χ4n) is 1.41. The van der Waals surface area contributed by atoms with Crippen molar-refractivity contribution in [3.8, 4) is 0 Å². The molecule has 3 nitrogen and oxygen atoms in total. The third kappa shape index (κ3) is 2.00. The van der Waals surface area contributed by atoms with Gasteiger partial charge in [-0.2, -0.15) is 0 Å². The predicted molar refractivity (Wildman–Crippen MR) is 46.6 cm³/mol. The van der Waals surface area contributed by atoms with E-state index in [4.69, 9.17) is 0 Å². The molecule has 0 spiro atoms. The van der Waals surface area contributed by atoms with Crippen LogP contribution in [0.3, 0.4) is 0 Å². The lowest BCUT2D eigenvalue weighted by atomic mass is 10.1. The van der Waals surface area contributed by atoms with E-state index in [0.29, 0.717) is 5.70 Å². The fourth-order valence-corrected chi connectivity index (χ4v) is 1.41. The van der Waals surface area contributed by atoms with Crippen molar-refractivity contribution in [2.45, 2.75) is 19.3 Å². The summed E-state index contributed by atoms with van der Waals surface area (Å²) in [5.74, 6) is -0.308. The molecule has 0 atom stereocenters. The maximum absolute atomic E-state index is 11.0. The summed E-state index contributed by atoms with van der Waals surface area (Å²) < 4.78 is 4.59. The monoisotopic (exact) mass is 169 g/mol. The average molecular weight is 169 g/mol. The van der Waals surface area contributed by atoms with Gasteiger partial charge in [-0.1, -0.05) is 6.58 Å². The molecule has 0 amide bonds. The van der Waals surface area contributed by atoms with Crippen molar-refractivity contribution in [2.75, 3.05) is 20.2 Å². The number of carbonyl (C=O) groups excluding carboxylic acids is 1. The minimum atomic E-state index is -0.308. The van der Waals surface area contributed by atoms with E-state index in [2.05, 4.69) is 11.3 Å². The second-order valence-corrected chi connectivity index (χ2v) is 2.99. The molecule has 1 saturated heterocycles. The van der Waals surface area contributed by atoms with E-state index in [0.717, 1.165) is 25.9 Å². The Kier molecular flexibility index (Phi) is 3.14. The van der Waals surface area contributed by atoms with E-state index in [1.807, 2.05) is 4.90 Å². The highest BCUT2D eigenvalue weighted by molar-refractivity contribution is 5.86. The Morgan fingerprint density at radius 2 is 1.92 bits per heavy atom. The molecule has 1 aliphatic rings. The number of piperidine rings is 1. The summed E-state index contributed by atoms with van der Waals surface area (Å²) >= 11 is 0. The highest BCUT2D eigenvalue weighted by Gasteiger charge is 2.17. The molecule has 0 bridgehead atoms. The molecule has 0 aromatic heterocycles. The molecule has 1 aliphatic heterocycles. The van der Waals surface area contributed by atoms with E-state index in [1.54, 1.807) is 0 Å². The van der Waals surface area contributed by atoms with Crippen molar-refractivity contribution in [3.63, 3.8) is 0 Å². The number of rotatable bonds is 2. The lowest BCUT2D eigenvalue weighted by molar-refractivity contribution is -0.138. The second-order valence-electron chi connectivity index (χ2n) is 2.99. The second kappa shape index (κ2) is 4.14. The molecule has 0 N–H and O–H groups in total. The Morgan fingerprint density at radius 1 is 1.33 bits per heavy atom. The summed E-state index contributed by atoms with van der Waals surface area (Å²) in [6.45, 7) is 5.58. The van der Waals surface area contributed by atoms with Crippen LogP contribution in [0.25, 0.3) is 0 Å². The highest BCUT2D eigenvalue weighted by atomic mass is 16.5. The summed E-state index contributed by atoms with van der Waals surface area (Å²) in [7, 11) is 1.39. The van der Waals surface area contributed by atoms with E-state index >= 15 is 0 Å². The molecule has 3 heteroatoms. The van der Waals surface area contributed by atoms with E-state index < -0.39 is 0 Å². The first-order chi connectivity index (χ1) is 5.75. The molecule has 0 aromatic rings. The first kappa shape index (κ1) is 9.10. The summed E-state index contributed by atoms with van der Waals surface area (Å²) in [6.07, 6.45) is 3.55. The zero-order chi connectivity index (χ0) is 8.97. The lowest BCUT2D eigenvalue weighted by Crippen LogP contribution is -2.32. The molecule has 1 rings (SSSR count). The molecular formula is C9H15NO2. The summed E-state index contributed by atoms with van der Waals surface area (Å²) in [5.41, 5.74) is 0.497. The average Bonchev–Trinajstić information content (AvgIpc) is 2.17. The number of hydrogen-bond acceptors (Lipinski definition) is 3. The van der Waals surface area contributed by atoms with Gasteiger partial charge in [0.15, 0.2) is 0 Å². The molecule has 0 aliphatic carbocycles. The molecular weight excluding hydrogens is 154 g/mol. The standard InChI is InChI=1S/C9H15NO2/c1-8(9(11)12-2)10-6-4-3-5-7-10/h1,3-7H2,2H3. The summed E-state index contributed by atoms with van der Waals surface area (Å²) in [5, 5.41) is 0. The number of carbonyl (C=O) groups is 1. The number of ether oxygens (including phenoxy) is 1. The Balaban J connectivity index is 2.45. The van der Waals surface area contributed by atoms with Gasteiger partial charge < -0.3 is 9.64 Å². The number of likely N-dealkylation sites (tertiary alicyclic amines) is 1. The van der Waals surface area contributed by atoms with Crippen LogP contribution in [0.4, 0.5) is 0 Å². The van der Waals surface area contributed by atoms with Gasteiger partial charge >= 0.3 is 5.97 Å². The highest BCUT2D eigenvalue weighted by Crippen LogP contribution is 2.13. The Bertz CT molecular complexity index is 183. The van der Waals surface area contributed by atoms with Gasteiger partial charge in [-0.25, -0.2) is 4.79 Å². The predicted octanol–water partition coefficient (Wildman–Crippen LogP) is 1.16. The van der Waals surface area contributed by atoms with Crippen molar-refractivity contribution in [3.05, 3.63) is 12.3 Å². The van der Waals surface area contributed by atoms with Crippen LogP contribution in [0.15, 0.2) is 12.3 Å². The molecule has 0 radical (unpaired) electrons. The largest absolute Gasteiger partial charge is 0.464 e. The first-order valence-corrected chi connectivity index (χ1v) is 4.28. The molecule has 1 heterocycles. The third-order valence-electron chi connectivity index (χ3n) is 2.16. The maximum Gasteiger partial charge on any atom is 0.353 e. The topological polar surface area (TPSA) is 29.5 Å². The van der Waals surface area contributed by atoms with E-state index in [1.165, 1.54) is 13.5 Å². The van der Waals surface area contributed by atoms with Gasteiger partial charge in [-0.05, 0) is 19.3 Å². The van der Waals surface area contributed by atoms with Gasteiger partial charge in [-0.3, -0.25) is 0 Å². The van der Waals surface area contributed by atoms with E-state index in [9.17, 15) is 4.79 Å². The van der Waals surface area contributed by atoms with Crippen LogP contribution in [-0.2, 0) is 9.53 Å². The molecule has 0 aromatic carbocycles. The molecule has 1 fully saturated rings. The normalized spacial score (nSPS) is 17.2. The van der Waals surface area contributed by atoms with E-state index in [-0.39, 0.29) is 5.97 Å². The Labute approximate surface area is 73.0 Å². The van der Waals surface area contributed by atoms with Gasteiger partial charge in [0.1, 0.15) is 5.70 Å². The number of nitrogens with zero attached hydrogens (tertiary/aromatic N) is 1. The van der Waals surface area contributed by atoms with Gasteiger partial charge in [0.2, 0.25) is 0 Å². The van der Waals surface area contributed by atoms with Crippen molar-refractivity contribution >= 4 is 5.97 Å². The van der Waals surface area contributed by atoms with Gasteiger partial charge in [0.05, 0.1) is 7.11 Å². The minimum absolute atomic E-state index is 0.308. The van der Waals surface area contributed by atoms with Crippen LogP contribution < -0.4 is 0 Å². The van der Waals surface area contributed by atoms with Crippen LogP contribution >= 0.6 is 0 Å². The first-order valence-electron chi connectivity index (χ1n) is 4.28. The number of methoxy groups -OCH3 is 1. The zero-order valence-electron chi connectivity index (χ0n) is 7.51. The SMILES string of the molecule is C=C(C(=O)OC)N1CCCCC1.